The Bertz CT molecular complexity index is 295. The summed E-state index contributed by atoms with van der Waals surface area (Å²) in [6, 6.07) is 0. The Morgan fingerprint density at radius 2 is 2.46 bits per heavy atom. The molecule has 0 radical (unpaired) electrons. The molecule has 1 aromatic heterocycles. The van der Waals surface area contributed by atoms with E-state index in [0.717, 1.165) is 12.2 Å². The summed E-state index contributed by atoms with van der Waals surface area (Å²) >= 11 is 1.41. The van der Waals surface area contributed by atoms with Crippen LogP contribution in [-0.4, -0.2) is 26.3 Å². The van der Waals surface area contributed by atoms with E-state index in [1.165, 1.54) is 11.8 Å². The molecule has 0 aliphatic carbocycles. The first kappa shape index (κ1) is 10.0. The van der Waals surface area contributed by atoms with Crippen LogP contribution in [0.5, 0.6) is 0 Å². The van der Waals surface area contributed by atoms with Crippen LogP contribution in [0, 0.1) is 12.3 Å². The van der Waals surface area contributed by atoms with Gasteiger partial charge in [-0.25, -0.2) is 4.98 Å². The van der Waals surface area contributed by atoms with E-state index in [9.17, 15) is 0 Å². The van der Waals surface area contributed by atoms with Crippen LogP contribution in [0.25, 0.3) is 0 Å². The smallest absolute Gasteiger partial charge is 0.209 e. The largest absolute Gasteiger partial charge is 0.387 e. The van der Waals surface area contributed by atoms with E-state index >= 15 is 0 Å². The number of hydrogen-bond acceptors (Lipinski definition) is 4. The second kappa shape index (κ2) is 4.27. The van der Waals surface area contributed by atoms with Gasteiger partial charge in [-0.15, -0.1) is 5.10 Å². The number of amidine groups is 1. The van der Waals surface area contributed by atoms with E-state index < -0.39 is 0 Å². The van der Waals surface area contributed by atoms with Crippen LogP contribution >= 0.6 is 11.8 Å². The molecule has 1 atom stereocenters. The van der Waals surface area contributed by atoms with Crippen LogP contribution < -0.4 is 5.73 Å². The van der Waals surface area contributed by atoms with Gasteiger partial charge in [0.1, 0.15) is 11.7 Å². The predicted octanol–water partition coefficient (Wildman–Crippen LogP) is 0.920. The first-order chi connectivity index (χ1) is 6.13. The molecule has 0 fully saturated rings. The van der Waals surface area contributed by atoms with Crippen LogP contribution in [0.1, 0.15) is 19.2 Å². The van der Waals surface area contributed by atoms with E-state index in [2.05, 4.69) is 15.2 Å². The van der Waals surface area contributed by atoms with Crippen molar-refractivity contribution in [2.24, 2.45) is 5.73 Å². The van der Waals surface area contributed by atoms with Crippen molar-refractivity contribution < 1.29 is 0 Å². The van der Waals surface area contributed by atoms with E-state index in [1.807, 2.05) is 13.8 Å². The molecule has 0 spiro atoms. The average molecular weight is 199 g/mol. The third-order valence-corrected chi connectivity index (χ3v) is 2.81. The maximum absolute atomic E-state index is 7.30. The first-order valence-electron chi connectivity index (χ1n) is 4.03. The highest BCUT2D eigenvalue weighted by molar-refractivity contribution is 8.00. The van der Waals surface area contributed by atoms with Crippen molar-refractivity contribution in [1.29, 1.82) is 5.41 Å². The summed E-state index contributed by atoms with van der Waals surface area (Å²) in [4.78, 5) is 4.12. The van der Waals surface area contributed by atoms with Crippen LogP contribution in [-0.2, 0) is 0 Å². The Balaban J connectivity index is 2.61. The highest BCUT2D eigenvalue weighted by atomic mass is 32.2. The molecule has 0 bridgehead atoms. The number of rotatable bonds is 4. The molecule has 1 aromatic rings. The molecule has 1 rings (SSSR count). The monoisotopic (exact) mass is 199 g/mol. The summed E-state index contributed by atoms with van der Waals surface area (Å²) < 4.78 is 0. The predicted molar refractivity (Wildman–Crippen MR) is 53.0 cm³/mol. The van der Waals surface area contributed by atoms with E-state index in [1.54, 1.807) is 0 Å². The summed E-state index contributed by atoms with van der Waals surface area (Å²) in [5, 5.41) is 14.6. The number of nitrogens with one attached hydrogen (secondary N) is 2. The molecule has 72 valence electrons. The van der Waals surface area contributed by atoms with Crippen LogP contribution in [0.15, 0.2) is 5.16 Å². The van der Waals surface area contributed by atoms with Gasteiger partial charge in [0.15, 0.2) is 0 Å². The van der Waals surface area contributed by atoms with Gasteiger partial charge in [-0.2, -0.15) is 0 Å². The van der Waals surface area contributed by atoms with Gasteiger partial charge in [0.05, 0.1) is 5.25 Å². The van der Waals surface area contributed by atoms with Crippen molar-refractivity contribution >= 4 is 17.6 Å². The molecule has 4 N–H and O–H groups in total. The fourth-order valence-corrected chi connectivity index (χ4v) is 1.70. The Kier molecular flexibility index (Phi) is 3.30. The van der Waals surface area contributed by atoms with Crippen molar-refractivity contribution in [1.82, 2.24) is 15.2 Å². The van der Waals surface area contributed by atoms with Gasteiger partial charge in [0.25, 0.3) is 0 Å². The third kappa shape index (κ3) is 2.73. The van der Waals surface area contributed by atoms with E-state index in [0.29, 0.717) is 5.16 Å². The van der Waals surface area contributed by atoms with Gasteiger partial charge in [0.2, 0.25) is 5.16 Å². The van der Waals surface area contributed by atoms with Crippen molar-refractivity contribution in [3.63, 3.8) is 0 Å². The lowest BCUT2D eigenvalue weighted by Gasteiger charge is -2.08. The molecule has 0 saturated heterocycles. The highest BCUT2D eigenvalue weighted by Gasteiger charge is 2.13. The first-order valence-corrected chi connectivity index (χ1v) is 4.91. The summed E-state index contributed by atoms with van der Waals surface area (Å²) in [6.45, 7) is 3.82. The Hall–Kier alpha value is -1.04. The van der Waals surface area contributed by atoms with Gasteiger partial charge < -0.3 is 5.73 Å². The lowest BCUT2D eigenvalue weighted by molar-refractivity contribution is 0.944. The molecule has 1 heterocycles. The molecular formula is C7H13N5S. The van der Waals surface area contributed by atoms with Crippen molar-refractivity contribution in [2.75, 3.05) is 0 Å². The molecule has 1 unspecified atom stereocenters. The fourth-order valence-electron chi connectivity index (χ4n) is 0.869. The molecule has 0 aliphatic rings. The van der Waals surface area contributed by atoms with Crippen molar-refractivity contribution in [2.45, 2.75) is 30.7 Å². The molecule has 6 heteroatoms. The fraction of sp³-hybridized carbons (Fsp3) is 0.571. The zero-order chi connectivity index (χ0) is 9.84. The van der Waals surface area contributed by atoms with Gasteiger partial charge in [0, 0.05) is 0 Å². The van der Waals surface area contributed by atoms with Crippen LogP contribution in [0.4, 0.5) is 0 Å². The molecule has 0 saturated carbocycles. The molecule has 13 heavy (non-hydrogen) atoms. The number of aromatic nitrogens is 3. The average Bonchev–Trinajstić information content (AvgIpc) is 2.46. The normalized spacial score (nSPS) is 12.8. The number of thioether (sulfide) groups is 1. The maximum atomic E-state index is 7.30. The minimum absolute atomic E-state index is 0.0183. The minimum Gasteiger partial charge on any atom is -0.387 e. The lowest BCUT2D eigenvalue weighted by atomic mass is 10.3. The van der Waals surface area contributed by atoms with Crippen molar-refractivity contribution in [3.05, 3.63) is 5.82 Å². The second-order valence-corrected chi connectivity index (χ2v) is 3.84. The number of H-pyrrole nitrogens is 1. The molecule has 5 nitrogen and oxygen atoms in total. The third-order valence-electron chi connectivity index (χ3n) is 1.54. The standard InChI is InChI=1S/C7H13N5S/c1-3-5(6(8)9)13-7-10-4(2)11-12-7/h5H,3H2,1-2H3,(H3,8,9)(H,10,11,12). The maximum Gasteiger partial charge on any atom is 0.209 e. The zero-order valence-electron chi connectivity index (χ0n) is 7.66. The molecule has 0 amide bonds. The zero-order valence-corrected chi connectivity index (χ0v) is 8.48. The number of aryl methyl sites for hydroxylation is 1. The summed E-state index contributed by atoms with van der Waals surface area (Å²) in [5.41, 5.74) is 5.40. The van der Waals surface area contributed by atoms with Crippen molar-refractivity contribution in [3.8, 4) is 0 Å². The number of nitrogens with two attached hydrogens (primary N) is 1. The van der Waals surface area contributed by atoms with Gasteiger partial charge in [-0.05, 0) is 13.3 Å². The number of aromatic amines is 1. The minimum atomic E-state index is -0.0183. The lowest BCUT2D eigenvalue weighted by Crippen LogP contribution is -2.24. The molecule has 0 aromatic carbocycles. The molecule has 0 aliphatic heterocycles. The second-order valence-electron chi connectivity index (χ2n) is 2.67. The number of hydrogen-bond donors (Lipinski definition) is 3. The van der Waals surface area contributed by atoms with E-state index in [-0.39, 0.29) is 11.1 Å². The van der Waals surface area contributed by atoms with Gasteiger partial charge in [-0.1, -0.05) is 18.7 Å². The topological polar surface area (TPSA) is 91.4 Å². The van der Waals surface area contributed by atoms with Gasteiger partial charge >= 0.3 is 0 Å². The Morgan fingerprint density at radius 1 is 1.77 bits per heavy atom. The number of nitrogens with zero attached hydrogens (tertiary/aromatic N) is 2. The molecular weight excluding hydrogens is 186 g/mol. The van der Waals surface area contributed by atoms with Crippen LogP contribution in [0.2, 0.25) is 0 Å². The SMILES string of the molecule is CCC(Sc1n[nH]c(C)n1)C(=N)N. The summed E-state index contributed by atoms with van der Waals surface area (Å²) in [6.07, 6.45) is 0.813. The van der Waals surface area contributed by atoms with Crippen LogP contribution in [0.3, 0.4) is 0 Å². The van der Waals surface area contributed by atoms with Gasteiger partial charge in [-0.3, -0.25) is 10.5 Å². The quantitative estimate of drug-likeness (QED) is 0.382. The summed E-state index contributed by atoms with van der Waals surface area (Å²) in [7, 11) is 0. The summed E-state index contributed by atoms with van der Waals surface area (Å²) in [5.74, 6) is 0.954. The highest BCUT2D eigenvalue weighted by Crippen LogP contribution is 2.21. The Labute approximate surface area is 81.0 Å². The van der Waals surface area contributed by atoms with E-state index in [4.69, 9.17) is 11.1 Å². The Morgan fingerprint density at radius 3 is 2.85 bits per heavy atom.